The van der Waals surface area contributed by atoms with Crippen LogP contribution >= 0.6 is 0 Å². The SMILES string of the molecule is CN(C)C=Nc1nc2c(ncn2C2OC(CN)C3OC(C)(C)OC32)c(=O)[nH]1. The van der Waals surface area contributed by atoms with Crippen LogP contribution in [0.3, 0.4) is 0 Å². The van der Waals surface area contributed by atoms with Gasteiger partial charge in [0.15, 0.2) is 23.2 Å². The number of nitrogens with two attached hydrogens (primary N) is 1. The highest BCUT2D eigenvalue weighted by molar-refractivity contribution is 5.71. The topological polar surface area (TPSA) is 133 Å². The first-order chi connectivity index (χ1) is 12.8. The number of hydrogen-bond acceptors (Lipinski definition) is 8. The summed E-state index contributed by atoms with van der Waals surface area (Å²) in [6.45, 7) is 3.98. The molecule has 0 radical (unpaired) electrons. The lowest BCUT2D eigenvalue weighted by Crippen LogP contribution is -2.34. The Kier molecular flexibility index (Phi) is 4.26. The first-order valence-corrected chi connectivity index (χ1v) is 8.68. The Hall–Kier alpha value is -2.34. The van der Waals surface area contributed by atoms with Crippen LogP contribution < -0.4 is 11.3 Å². The third kappa shape index (κ3) is 3.12. The number of fused-ring (bicyclic) bond motifs is 2. The Morgan fingerprint density at radius 3 is 2.85 bits per heavy atom. The van der Waals surface area contributed by atoms with Gasteiger partial charge in [-0.3, -0.25) is 14.3 Å². The molecule has 2 aliphatic rings. The van der Waals surface area contributed by atoms with E-state index in [1.54, 1.807) is 15.8 Å². The Bertz CT molecular complexity index is 934. The summed E-state index contributed by atoms with van der Waals surface area (Å²) >= 11 is 0. The number of rotatable bonds is 4. The molecule has 4 rings (SSSR count). The normalized spacial score (nSPS) is 29.7. The lowest BCUT2D eigenvalue weighted by Gasteiger charge is -2.24. The zero-order valence-electron chi connectivity index (χ0n) is 15.6. The van der Waals surface area contributed by atoms with Gasteiger partial charge < -0.3 is 24.8 Å². The van der Waals surface area contributed by atoms with Crippen LogP contribution in [0.4, 0.5) is 5.95 Å². The van der Waals surface area contributed by atoms with Gasteiger partial charge in [0.2, 0.25) is 5.95 Å². The molecule has 146 valence electrons. The van der Waals surface area contributed by atoms with E-state index in [1.165, 1.54) is 6.33 Å². The van der Waals surface area contributed by atoms with E-state index in [0.717, 1.165) is 0 Å². The molecule has 4 heterocycles. The van der Waals surface area contributed by atoms with E-state index in [-0.39, 0.29) is 41.9 Å². The molecule has 2 aliphatic heterocycles. The van der Waals surface area contributed by atoms with E-state index in [4.69, 9.17) is 19.9 Å². The van der Waals surface area contributed by atoms with Gasteiger partial charge in [0.05, 0.1) is 12.7 Å². The number of nitrogens with zero attached hydrogens (tertiary/aromatic N) is 5. The predicted octanol–water partition coefficient (Wildman–Crippen LogP) is -0.283. The van der Waals surface area contributed by atoms with E-state index in [2.05, 4.69) is 19.9 Å². The second-order valence-corrected chi connectivity index (χ2v) is 7.29. The fourth-order valence-electron chi connectivity index (χ4n) is 3.40. The molecule has 2 aromatic rings. The first-order valence-electron chi connectivity index (χ1n) is 8.68. The second kappa shape index (κ2) is 6.37. The van der Waals surface area contributed by atoms with Crippen LogP contribution in [-0.2, 0) is 14.2 Å². The Labute approximate surface area is 155 Å². The summed E-state index contributed by atoms with van der Waals surface area (Å²) in [5.41, 5.74) is 6.03. The minimum Gasteiger partial charge on any atom is -0.369 e. The van der Waals surface area contributed by atoms with E-state index in [9.17, 15) is 4.79 Å². The summed E-state index contributed by atoms with van der Waals surface area (Å²) in [6, 6.07) is 0. The number of H-pyrrole nitrogens is 1. The van der Waals surface area contributed by atoms with Crippen LogP contribution in [0.15, 0.2) is 16.1 Å². The van der Waals surface area contributed by atoms with E-state index >= 15 is 0 Å². The zero-order valence-corrected chi connectivity index (χ0v) is 15.6. The quantitative estimate of drug-likeness (QED) is 0.549. The van der Waals surface area contributed by atoms with Crippen LogP contribution in [0.1, 0.15) is 20.1 Å². The fraction of sp³-hybridized carbons (Fsp3) is 0.625. The van der Waals surface area contributed by atoms with E-state index in [0.29, 0.717) is 5.65 Å². The zero-order chi connectivity index (χ0) is 19.3. The Morgan fingerprint density at radius 2 is 2.15 bits per heavy atom. The lowest BCUT2D eigenvalue weighted by atomic mass is 10.1. The van der Waals surface area contributed by atoms with Crippen molar-refractivity contribution >= 4 is 23.5 Å². The molecule has 11 nitrogen and oxygen atoms in total. The molecule has 2 aromatic heterocycles. The first kappa shape index (κ1) is 18.0. The fourth-order valence-corrected chi connectivity index (χ4v) is 3.40. The van der Waals surface area contributed by atoms with Gasteiger partial charge in [0.1, 0.15) is 18.3 Å². The highest BCUT2D eigenvalue weighted by Crippen LogP contribution is 2.43. The van der Waals surface area contributed by atoms with Crippen molar-refractivity contribution in [3.05, 3.63) is 16.7 Å². The molecule has 4 unspecified atom stereocenters. The highest BCUT2D eigenvalue weighted by Gasteiger charge is 2.55. The standard InChI is InChI=1S/C16H23N7O4/c1-16(2)26-10-8(5-17)25-14(11(10)27-16)23-7-18-9-12(23)20-15(21-13(9)24)19-6-22(3)4/h6-8,10-11,14H,5,17H2,1-4H3,(H,20,21,24). The average Bonchev–Trinajstić information content (AvgIpc) is 3.23. The molecule has 2 fully saturated rings. The highest BCUT2D eigenvalue weighted by atomic mass is 16.8. The number of imidazole rings is 1. The summed E-state index contributed by atoms with van der Waals surface area (Å²) < 4.78 is 19.7. The average molecular weight is 377 g/mol. The van der Waals surface area contributed by atoms with Gasteiger partial charge in [0.25, 0.3) is 5.56 Å². The van der Waals surface area contributed by atoms with Gasteiger partial charge in [-0.2, -0.15) is 4.98 Å². The van der Waals surface area contributed by atoms with E-state index in [1.807, 2.05) is 27.9 Å². The van der Waals surface area contributed by atoms with Crippen LogP contribution in [0, 0.1) is 0 Å². The molecule has 0 amide bonds. The molecule has 0 aliphatic carbocycles. The van der Waals surface area contributed by atoms with Crippen molar-refractivity contribution in [2.24, 2.45) is 10.7 Å². The molecular weight excluding hydrogens is 354 g/mol. The monoisotopic (exact) mass is 377 g/mol. The number of aromatic nitrogens is 4. The van der Waals surface area contributed by atoms with Crippen molar-refractivity contribution in [2.45, 2.75) is 44.2 Å². The molecule has 0 spiro atoms. The summed E-state index contributed by atoms with van der Waals surface area (Å²) in [6.07, 6.45) is 1.49. The number of aliphatic imine (C=N–C) groups is 1. The summed E-state index contributed by atoms with van der Waals surface area (Å²) in [7, 11) is 3.64. The van der Waals surface area contributed by atoms with Crippen molar-refractivity contribution in [2.75, 3.05) is 20.6 Å². The third-order valence-electron chi connectivity index (χ3n) is 4.46. The van der Waals surface area contributed by atoms with E-state index < -0.39 is 12.0 Å². The third-order valence-corrected chi connectivity index (χ3v) is 4.46. The van der Waals surface area contributed by atoms with Crippen molar-refractivity contribution in [1.29, 1.82) is 0 Å². The molecule has 2 saturated heterocycles. The maximum atomic E-state index is 12.3. The summed E-state index contributed by atoms with van der Waals surface area (Å²) in [4.78, 5) is 29.5. The predicted molar refractivity (Wildman–Crippen MR) is 96.8 cm³/mol. The molecule has 27 heavy (non-hydrogen) atoms. The molecular formula is C16H23N7O4. The number of ether oxygens (including phenoxy) is 3. The molecule has 11 heteroatoms. The van der Waals surface area contributed by atoms with Crippen LogP contribution in [0.2, 0.25) is 0 Å². The number of nitrogens with one attached hydrogen (secondary N) is 1. The van der Waals surface area contributed by atoms with Crippen molar-refractivity contribution < 1.29 is 14.2 Å². The Morgan fingerprint density at radius 1 is 1.41 bits per heavy atom. The minimum atomic E-state index is -0.743. The number of aromatic amines is 1. The maximum absolute atomic E-state index is 12.3. The van der Waals surface area contributed by atoms with Crippen LogP contribution in [0.25, 0.3) is 11.2 Å². The smallest absolute Gasteiger partial charge is 0.280 e. The van der Waals surface area contributed by atoms with Gasteiger partial charge in [-0.15, -0.1) is 0 Å². The Balaban J connectivity index is 1.76. The summed E-state index contributed by atoms with van der Waals surface area (Å²) in [5, 5.41) is 0. The van der Waals surface area contributed by atoms with Crippen molar-refractivity contribution in [3.63, 3.8) is 0 Å². The number of hydrogen-bond donors (Lipinski definition) is 2. The maximum Gasteiger partial charge on any atom is 0.280 e. The molecule has 0 bridgehead atoms. The lowest BCUT2D eigenvalue weighted by molar-refractivity contribution is -0.195. The van der Waals surface area contributed by atoms with Crippen molar-refractivity contribution in [1.82, 2.24) is 24.4 Å². The van der Waals surface area contributed by atoms with Crippen molar-refractivity contribution in [3.8, 4) is 0 Å². The van der Waals surface area contributed by atoms with Crippen LogP contribution in [0.5, 0.6) is 0 Å². The van der Waals surface area contributed by atoms with Gasteiger partial charge in [-0.25, -0.2) is 9.98 Å². The van der Waals surface area contributed by atoms with Crippen LogP contribution in [-0.4, -0.2) is 75.5 Å². The molecule has 4 atom stereocenters. The largest absolute Gasteiger partial charge is 0.369 e. The summed E-state index contributed by atoms with van der Waals surface area (Å²) in [5.74, 6) is -0.565. The molecule has 3 N–H and O–H groups in total. The van der Waals surface area contributed by atoms with Gasteiger partial charge in [-0.1, -0.05) is 0 Å². The minimum absolute atomic E-state index is 0.178. The van der Waals surface area contributed by atoms with Gasteiger partial charge in [-0.05, 0) is 13.8 Å². The molecule has 0 saturated carbocycles. The van der Waals surface area contributed by atoms with Gasteiger partial charge in [0, 0.05) is 20.6 Å². The molecule has 0 aromatic carbocycles. The second-order valence-electron chi connectivity index (χ2n) is 7.29. The van der Waals surface area contributed by atoms with Gasteiger partial charge >= 0.3 is 0 Å².